The quantitative estimate of drug-likeness (QED) is 0.476. The van der Waals surface area contributed by atoms with Crippen LogP contribution >= 0.6 is 0 Å². The maximum Gasteiger partial charge on any atom is 0.547 e. The molecule has 2 bridgehead atoms. The van der Waals surface area contributed by atoms with Gasteiger partial charge in [-0.15, -0.1) is 0 Å². The van der Waals surface area contributed by atoms with E-state index in [0.717, 1.165) is 6.42 Å². The van der Waals surface area contributed by atoms with E-state index in [1.807, 2.05) is 0 Å². The predicted octanol–water partition coefficient (Wildman–Crippen LogP) is 0.199. The second kappa shape index (κ2) is 1.27. The molecule has 2 unspecified atom stereocenters. The number of hydrogen-bond acceptors (Lipinski definition) is 2. The summed E-state index contributed by atoms with van der Waals surface area (Å²) in [7, 11) is 0. The molecule has 3 aliphatic heterocycles. The number of hydroxylamine groups is 3. The summed E-state index contributed by atoms with van der Waals surface area (Å²) in [5.74, 6) is 0. The van der Waals surface area contributed by atoms with Crippen LogP contribution in [0.3, 0.4) is 0 Å². The number of amides is 1. The maximum atomic E-state index is 10.4. The molecule has 3 aliphatic rings. The Balaban J connectivity index is 2.19. The standard InChI is InChI=1S/C5H7NO3/c7-5(8)6-2-1-4(3-6)9-6/h4H,1-3H2/p+1. The third kappa shape index (κ3) is 0.469. The van der Waals surface area contributed by atoms with Gasteiger partial charge >= 0.3 is 6.09 Å². The average molecular weight is 130 g/mol. The van der Waals surface area contributed by atoms with Gasteiger partial charge in [-0.2, -0.15) is 9.63 Å². The van der Waals surface area contributed by atoms with Crippen LogP contribution in [-0.4, -0.2) is 35.0 Å². The van der Waals surface area contributed by atoms with Gasteiger partial charge < -0.3 is 5.11 Å². The molecule has 0 aromatic rings. The Morgan fingerprint density at radius 3 is 2.67 bits per heavy atom. The van der Waals surface area contributed by atoms with Crippen molar-refractivity contribution in [1.29, 1.82) is 0 Å². The van der Waals surface area contributed by atoms with Gasteiger partial charge in [0.05, 0.1) is 0 Å². The van der Waals surface area contributed by atoms with Crippen molar-refractivity contribution in [2.24, 2.45) is 0 Å². The number of carbonyl (C=O) groups is 1. The van der Waals surface area contributed by atoms with Crippen LogP contribution in [0.15, 0.2) is 0 Å². The van der Waals surface area contributed by atoms with Crippen LogP contribution < -0.4 is 0 Å². The first-order chi connectivity index (χ1) is 4.23. The van der Waals surface area contributed by atoms with Gasteiger partial charge in [0.2, 0.25) is 0 Å². The molecule has 1 N–H and O–H groups in total. The highest BCUT2D eigenvalue weighted by Gasteiger charge is 2.60. The van der Waals surface area contributed by atoms with E-state index in [1.165, 1.54) is 0 Å². The maximum absolute atomic E-state index is 10.4. The highest BCUT2D eigenvalue weighted by atomic mass is 16.8. The van der Waals surface area contributed by atoms with Crippen molar-refractivity contribution in [3.05, 3.63) is 0 Å². The van der Waals surface area contributed by atoms with E-state index in [-0.39, 0.29) is 10.8 Å². The van der Waals surface area contributed by atoms with Crippen LogP contribution in [0.4, 0.5) is 4.79 Å². The van der Waals surface area contributed by atoms with E-state index < -0.39 is 6.09 Å². The Morgan fingerprint density at radius 2 is 2.44 bits per heavy atom. The molecule has 3 fully saturated rings. The number of carboxylic acid groups (broad SMARTS) is 1. The highest BCUT2D eigenvalue weighted by Crippen LogP contribution is 2.35. The van der Waals surface area contributed by atoms with Gasteiger partial charge in [0, 0.05) is 6.42 Å². The topological polar surface area (TPSA) is 46.5 Å². The van der Waals surface area contributed by atoms with Gasteiger partial charge in [-0.1, -0.05) is 4.65 Å². The summed E-state index contributed by atoms with van der Waals surface area (Å²) in [5.41, 5.74) is 0. The van der Waals surface area contributed by atoms with Gasteiger partial charge in [-0.05, 0) is 0 Å². The molecule has 4 heteroatoms. The van der Waals surface area contributed by atoms with E-state index in [2.05, 4.69) is 0 Å². The zero-order valence-corrected chi connectivity index (χ0v) is 4.91. The van der Waals surface area contributed by atoms with Crippen molar-refractivity contribution in [3.63, 3.8) is 0 Å². The summed E-state index contributed by atoms with van der Waals surface area (Å²) in [6, 6.07) is 0. The van der Waals surface area contributed by atoms with Crippen molar-refractivity contribution in [2.75, 3.05) is 13.1 Å². The second-order valence-corrected chi connectivity index (χ2v) is 2.59. The number of fused-ring (bicyclic) bond motifs is 1. The van der Waals surface area contributed by atoms with E-state index in [0.29, 0.717) is 13.1 Å². The molecular weight excluding hydrogens is 122 g/mol. The molecule has 0 aliphatic carbocycles. The van der Waals surface area contributed by atoms with Crippen molar-refractivity contribution in [1.82, 2.24) is 0 Å². The van der Waals surface area contributed by atoms with E-state index in [1.54, 1.807) is 0 Å². The van der Waals surface area contributed by atoms with Crippen molar-refractivity contribution < 1.29 is 19.4 Å². The van der Waals surface area contributed by atoms with Crippen molar-refractivity contribution in [3.8, 4) is 0 Å². The normalized spacial score (nSPS) is 46.4. The minimum absolute atomic E-state index is 0.134. The van der Waals surface area contributed by atoms with Gasteiger partial charge in [-0.3, -0.25) is 0 Å². The first-order valence-corrected chi connectivity index (χ1v) is 3.02. The highest BCUT2D eigenvalue weighted by molar-refractivity contribution is 5.56. The number of hydrogen-bond donors (Lipinski definition) is 1. The first kappa shape index (κ1) is 5.20. The van der Waals surface area contributed by atoms with E-state index >= 15 is 0 Å². The summed E-state index contributed by atoms with van der Waals surface area (Å²) in [6.07, 6.45) is 0.302. The van der Waals surface area contributed by atoms with Crippen LogP contribution in [0.5, 0.6) is 0 Å². The fraction of sp³-hybridized carbons (Fsp3) is 0.800. The molecule has 3 rings (SSSR count). The Morgan fingerprint density at radius 1 is 1.78 bits per heavy atom. The molecule has 9 heavy (non-hydrogen) atoms. The molecule has 2 atom stereocenters. The summed E-state index contributed by atoms with van der Waals surface area (Å²) in [4.78, 5) is 15.4. The van der Waals surface area contributed by atoms with Crippen LogP contribution in [-0.2, 0) is 4.84 Å². The Labute approximate surface area is 52.2 Å². The van der Waals surface area contributed by atoms with Crippen LogP contribution in [0, 0.1) is 0 Å². The Hall–Kier alpha value is -0.610. The Bertz CT molecular complexity index is 156. The van der Waals surface area contributed by atoms with Gasteiger partial charge in [0.25, 0.3) is 0 Å². The van der Waals surface area contributed by atoms with Crippen molar-refractivity contribution >= 4 is 6.09 Å². The lowest BCUT2D eigenvalue weighted by molar-refractivity contribution is -1.08. The number of quaternary nitrogens is 1. The zero-order valence-electron chi connectivity index (χ0n) is 4.91. The molecule has 0 saturated carbocycles. The summed E-state index contributed by atoms with van der Waals surface area (Å²) < 4.78 is -0.134. The van der Waals surface area contributed by atoms with E-state index in [4.69, 9.17) is 9.94 Å². The lowest BCUT2D eigenvalue weighted by Crippen LogP contribution is -2.59. The van der Waals surface area contributed by atoms with Crippen LogP contribution in [0.2, 0.25) is 0 Å². The van der Waals surface area contributed by atoms with Gasteiger partial charge in [-0.25, -0.2) is 0 Å². The SMILES string of the molecule is O=C(O)[N+]12CCC(C1)O2. The lowest BCUT2D eigenvalue weighted by atomic mass is 10.3. The molecule has 1 amide bonds. The molecule has 3 saturated heterocycles. The molecule has 3 heterocycles. The largest absolute Gasteiger partial charge is 0.547 e. The summed E-state index contributed by atoms with van der Waals surface area (Å²) in [6.45, 7) is 1.33. The smallest absolute Gasteiger partial charge is 0.433 e. The minimum Gasteiger partial charge on any atom is -0.433 e. The zero-order chi connectivity index (χ0) is 6.48. The average Bonchev–Trinajstić information content (AvgIpc) is 2.13. The van der Waals surface area contributed by atoms with Crippen LogP contribution in [0.25, 0.3) is 0 Å². The molecule has 0 radical (unpaired) electrons. The summed E-state index contributed by atoms with van der Waals surface area (Å²) >= 11 is 0. The third-order valence-corrected chi connectivity index (χ3v) is 2.01. The van der Waals surface area contributed by atoms with Crippen LogP contribution in [0.1, 0.15) is 6.42 Å². The monoisotopic (exact) mass is 130 g/mol. The fourth-order valence-electron chi connectivity index (χ4n) is 1.47. The third-order valence-electron chi connectivity index (χ3n) is 2.01. The Kier molecular flexibility index (Phi) is 0.736. The first-order valence-electron chi connectivity index (χ1n) is 3.02. The molecule has 0 aromatic carbocycles. The molecule has 0 spiro atoms. The van der Waals surface area contributed by atoms with Gasteiger partial charge in [0.1, 0.15) is 6.54 Å². The predicted molar refractivity (Wildman–Crippen MR) is 27.5 cm³/mol. The second-order valence-electron chi connectivity index (χ2n) is 2.59. The number of nitrogens with zero attached hydrogens (tertiary/aromatic N) is 1. The minimum atomic E-state index is -0.844. The van der Waals surface area contributed by atoms with Crippen molar-refractivity contribution in [2.45, 2.75) is 12.5 Å². The lowest BCUT2D eigenvalue weighted by Gasteiger charge is -2.32. The van der Waals surface area contributed by atoms with Gasteiger partial charge in [0.15, 0.2) is 12.6 Å². The molecule has 50 valence electrons. The molecule has 4 nitrogen and oxygen atoms in total. The fourth-order valence-corrected chi connectivity index (χ4v) is 1.47. The van der Waals surface area contributed by atoms with E-state index in [9.17, 15) is 4.79 Å². The molecular formula is C5H8NO3+. The molecule has 0 aromatic heterocycles. The summed E-state index contributed by atoms with van der Waals surface area (Å²) in [5, 5.41) is 8.56. The number of rotatable bonds is 0.